The van der Waals surface area contributed by atoms with Gasteiger partial charge in [0.25, 0.3) is 0 Å². The Bertz CT molecular complexity index is 132. The number of rotatable bonds is 4. The third kappa shape index (κ3) is 2.96. The molecule has 1 saturated heterocycles. The molecule has 1 rings (SSSR count). The normalized spacial score (nSPS) is 24.2. The average Bonchev–Trinajstić information content (AvgIpc) is 2.20. The monoisotopic (exact) mass is 185 g/mol. The van der Waals surface area contributed by atoms with E-state index in [-0.39, 0.29) is 6.10 Å². The molecule has 1 N–H and O–H groups in total. The van der Waals surface area contributed by atoms with Gasteiger partial charge in [-0.3, -0.25) is 4.90 Å². The minimum absolute atomic E-state index is 0.122. The number of nitrogens with zero attached hydrogens (tertiary/aromatic N) is 1. The minimum atomic E-state index is -0.122. The summed E-state index contributed by atoms with van der Waals surface area (Å²) in [6.07, 6.45) is 5.84. The molecule has 1 fully saturated rings. The van der Waals surface area contributed by atoms with Crippen molar-refractivity contribution in [1.29, 1.82) is 0 Å². The molecule has 0 aliphatic carbocycles. The van der Waals surface area contributed by atoms with Gasteiger partial charge in [-0.2, -0.15) is 0 Å². The zero-order valence-electron chi connectivity index (χ0n) is 9.00. The van der Waals surface area contributed by atoms with Crippen LogP contribution in [0.25, 0.3) is 0 Å². The summed E-state index contributed by atoms with van der Waals surface area (Å²) in [5, 5.41) is 9.83. The molecule has 0 aromatic carbocycles. The molecule has 0 radical (unpaired) electrons. The fourth-order valence-electron chi connectivity index (χ4n) is 2.30. The van der Waals surface area contributed by atoms with Crippen molar-refractivity contribution in [1.82, 2.24) is 4.90 Å². The second-order valence-electron chi connectivity index (χ2n) is 4.05. The van der Waals surface area contributed by atoms with Gasteiger partial charge in [0.05, 0.1) is 6.10 Å². The Kier molecular flexibility index (Phi) is 4.74. The highest BCUT2D eigenvalue weighted by Gasteiger charge is 2.24. The van der Waals surface area contributed by atoms with Crippen LogP contribution in [0.2, 0.25) is 0 Å². The Morgan fingerprint density at radius 3 is 2.15 bits per heavy atom. The summed E-state index contributed by atoms with van der Waals surface area (Å²) >= 11 is 0. The van der Waals surface area contributed by atoms with E-state index in [1.54, 1.807) is 0 Å². The van der Waals surface area contributed by atoms with Crippen molar-refractivity contribution in [3.63, 3.8) is 0 Å². The summed E-state index contributed by atoms with van der Waals surface area (Å²) < 4.78 is 0. The zero-order valence-corrected chi connectivity index (χ0v) is 9.00. The molecule has 2 heteroatoms. The lowest BCUT2D eigenvalue weighted by Gasteiger charge is -2.36. The number of aliphatic hydroxyl groups is 1. The van der Waals surface area contributed by atoms with Crippen molar-refractivity contribution in [2.24, 2.45) is 0 Å². The molecule has 0 saturated carbocycles. The molecule has 0 bridgehead atoms. The van der Waals surface area contributed by atoms with E-state index in [2.05, 4.69) is 18.7 Å². The molecule has 0 spiro atoms. The Hall–Kier alpha value is -0.0800. The summed E-state index contributed by atoms with van der Waals surface area (Å²) in [5.41, 5.74) is 0. The van der Waals surface area contributed by atoms with Crippen LogP contribution in [0.1, 0.15) is 46.0 Å². The smallest absolute Gasteiger partial charge is 0.0692 e. The van der Waals surface area contributed by atoms with Crippen LogP contribution in [-0.4, -0.2) is 35.2 Å². The van der Waals surface area contributed by atoms with E-state index in [0.29, 0.717) is 6.04 Å². The van der Waals surface area contributed by atoms with Crippen LogP contribution in [0.3, 0.4) is 0 Å². The molecule has 0 amide bonds. The summed E-state index contributed by atoms with van der Waals surface area (Å²) in [7, 11) is 0. The molecule has 13 heavy (non-hydrogen) atoms. The van der Waals surface area contributed by atoms with Gasteiger partial charge in [0.2, 0.25) is 0 Å². The maximum Gasteiger partial charge on any atom is 0.0692 e. The zero-order chi connectivity index (χ0) is 9.68. The van der Waals surface area contributed by atoms with Crippen molar-refractivity contribution in [3.05, 3.63) is 0 Å². The van der Waals surface area contributed by atoms with Gasteiger partial charge in [-0.05, 0) is 38.8 Å². The number of likely N-dealkylation sites (tertiary alicyclic amines) is 1. The van der Waals surface area contributed by atoms with E-state index in [9.17, 15) is 5.11 Å². The lowest BCUT2D eigenvalue weighted by Crippen LogP contribution is -2.45. The first-order chi connectivity index (χ1) is 6.29. The molecule has 1 heterocycles. The topological polar surface area (TPSA) is 23.5 Å². The van der Waals surface area contributed by atoms with Gasteiger partial charge >= 0.3 is 0 Å². The largest absolute Gasteiger partial charge is 0.392 e. The molecule has 1 aliphatic heterocycles. The number of hydrogen-bond acceptors (Lipinski definition) is 2. The molecule has 2 nitrogen and oxygen atoms in total. The van der Waals surface area contributed by atoms with E-state index in [4.69, 9.17) is 0 Å². The standard InChI is InChI=1S/C11H23NO/c1-3-10(11(13)4-2)12-8-6-5-7-9-12/h10-11,13H,3-9H2,1-2H3. The van der Waals surface area contributed by atoms with Crippen molar-refractivity contribution in [3.8, 4) is 0 Å². The maximum atomic E-state index is 9.83. The molecule has 0 aromatic heterocycles. The molecule has 2 unspecified atom stereocenters. The molecular weight excluding hydrogens is 162 g/mol. The van der Waals surface area contributed by atoms with Gasteiger partial charge in [-0.15, -0.1) is 0 Å². The third-order valence-corrected chi connectivity index (χ3v) is 3.14. The Morgan fingerprint density at radius 1 is 1.08 bits per heavy atom. The predicted octanol–water partition coefficient (Wildman–Crippen LogP) is 2.02. The Labute approximate surface area is 81.9 Å². The second-order valence-corrected chi connectivity index (χ2v) is 4.05. The van der Waals surface area contributed by atoms with Crippen LogP contribution in [0, 0.1) is 0 Å². The summed E-state index contributed by atoms with van der Waals surface area (Å²) in [4.78, 5) is 2.47. The van der Waals surface area contributed by atoms with Crippen molar-refractivity contribution in [2.75, 3.05) is 13.1 Å². The molecule has 0 aromatic rings. The van der Waals surface area contributed by atoms with Gasteiger partial charge in [0, 0.05) is 6.04 Å². The first-order valence-corrected chi connectivity index (χ1v) is 5.71. The van der Waals surface area contributed by atoms with E-state index in [1.807, 2.05) is 0 Å². The Balaban J connectivity index is 2.43. The first kappa shape index (κ1) is 11.0. The number of piperidine rings is 1. The van der Waals surface area contributed by atoms with Gasteiger partial charge in [0.15, 0.2) is 0 Å². The van der Waals surface area contributed by atoms with Gasteiger partial charge < -0.3 is 5.11 Å². The molecular formula is C11H23NO. The van der Waals surface area contributed by atoms with Gasteiger partial charge in [0.1, 0.15) is 0 Å². The predicted molar refractivity (Wildman–Crippen MR) is 55.8 cm³/mol. The SMILES string of the molecule is CCC(O)C(CC)N1CCCCC1. The van der Waals surface area contributed by atoms with Crippen LogP contribution >= 0.6 is 0 Å². The highest BCUT2D eigenvalue weighted by Crippen LogP contribution is 2.17. The summed E-state index contributed by atoms with van der Waals surface area (Å²) in [5.74, 6) is 0. The Morgan fingerprint density at radius 2 is 1.69 bits per heavy atom. The summed E-state index contributed by atoms with van der Waals surface area (Å²) in [6, 6.07) is 0.408. The maximum absolute atomic E-state index is 9.83. The first-order valence-electron chi connectivity index (χ1n) is 5.71. The van der Waals surface area contributed by atoms with Crippen LogP contribution in [-0.2, 0) is 0 Å². The van der Waals surface area contributed by atoms with E-state index in [0.717, 1.165) is 12.8 Å². The summed E-state index contributed by atoms with van der Waals surface area (Å²) in [6.45, 7) is 6.63. The highest BCUT2D eigenvalue weighted by atomic mass is 16.3. The quantitative estimate of drug-likeness (QED) is 0.724. The van der Waals surface area contributed by atoms with Crippen molar-refractivity contribution in [2.45, 2.75) is 58.1 Å². The van der Waals surface area contributed by atoms with E-state index in [1.165, 1.54) is 32.4 Å². The van der Waals surface area contributed by atoms with Crippen LogP contribution < -0.4 is 0 Å². The molecule has 2 atom stereocenters. The molecule has 1 aliphatic rings. The average molecular weight is 185 g/mol. The number of hydrogen-bond donors (Lipinski definition) is 1. The minimum Gasteiger partial charge on any atom is -0.392 e. The van der Waals surface area contributed by atoms with Gasteiger partial charge in [-0.1, -0.05) is 20.3 Å². The lowest BCUT2D eigenvalue weighted by atomic mass is 10.0. The number of aliphatic hydroxyl groups excluding tert-OH is 1. The van der Waals surface area contributed by atoms with Crippen LogP contribution in [0.5, 0.6) is 0 Å². The van der Waals surface area contributed by atoms with E-state index >= 15 is 0 Å². The third-order valence-electron chi connectivity index (χ3n) is 3.14. The fourth-order valence-corrected chi connectivity index (χ4v) is 2.30. The molecule has 78 valence electrons. The fraction of sp³-hybridized carbons (Fsp3) is 1.00. The van der Waals surface area contributed by atoms with Gasteiger partial charge in [-0.25, -0.2) is 0 Å². The van der Waals surface area contributed by atoms with Crippen molar-refractivity contribution >= 4 is 0 Å². The second kappa shape index (κ2) is 5.61. The highest BCUT2D eigenvalue weighted by molar-refractivity contribution is 4.79. The van der Waals surface area contributed by atoms with E-state index < -0.39 is 0 Å². The lowest BCUT2D eigenvalue weighted by molar-refractivity contribution is 0.0340. The van der Waals surface area contributed by atoms with Crippen LogP contribution in [0.4, 0.5) is 0 Å². The van der Waals surface area contributed by atoms with Crippen LogP contribution in [0.15, 0.2) is 0 Å². The van der Waals surface area contributed by atoms with Crippen molar-refractivity contribution < 1.29 is 5.11 Å².